The van der Waals surface area contributed by atoms with E-state index in [0.717, 1.165) is 19.3 Å². The van der Waals surface area contributed by atoms with Crippen LogP contribution in [0.1, 0.15) is 26.2 Å². The molecule has 2 unspecified atom stereocenters. The fourth-order valence-electron chi connectivity index (χ4n) is 1.53. The number of rotatable bonds is 8. The standard InChI is InChI=1S/C9H24N2O2Si/c1-8(14(12-2)13-3)4-5-9(11)6-7-10/h8-9,14H,4-7,10-11H2,1-3H3. The highest BCUT2D eigenvalue weighted by Gasteiger charge is 2.19. The summed E-state index contributed by atoms with van der Waals surface area (Å²) in [4.78, 5) is 0. The molecule has 0 aliphatic carbocycles. The van der Waals surface area contributed by atoms with Crippen LogP contribution in [-0.4, -0.2) is 36.1 Å². The number of hydrogen-bond donors (Lipinski definition) is 2. The van der Waals surface area contributed by atoms with Gasteiger partial charge in [-0.15, -0.1) is 0 Å². The Morgan fingerprint density at radius 1 is 1.14 bits per heavy atom. The van der Waals surface area contributed by atoms with Gasteiger partial charge in [-0.1, -0.05) is 6.92 Å². The Morgan fingerprint density at radius 3 is 2.14 bits per heavy atom. The van der Waals surface area contributed by atoms with Crippen LogP contribution in [0.15, 0.2) is 0 Å². The summed E-state index contributed by atoms with van der Waals surface area (Å²) in [6.07, 6.45) is 2.98. The molecule has 0 saturated carbocycles. The van der Waals surface area contributed by atoms with Gasteiger partial charge in [0.05, 0.1) is 0 Å². The second kappa shape index (κ2) is 8.37. The highest BCUT2D eigenvalue weighted by atomic mass is 28.3. The van der Waals surface area contributed by atoms with Crippen molar-refractivity contribution in [2.75, 3.05) is 20.8 Å². The van der Waals surface area contributed by atoms with E-state index in [1.54, 1.807) is 14.2 Å². The smallest absolute Gasteiger partial charge is 0.323 e. The van der Waals surface area contributed by atoms with Crippen LogP contribution in [0.5, 0.6) is 0 Å². The number of nitrogens with two attached hydrogens (primary N) is 2. The first-order chi connectivity index (χ1) is 6.65. The highest BCUT2D eigenvalue weighted by Crippen LogP contribution is 2.18. The summed E-state index contributed by atoms with van der Waals surface area (Å²) in [7, 11) is 1.99. The largest absolute Gasteiger partial charge is 0.400 e. The monoisotopic (exact) mass is 220 g/mol. The SMILES string of the molecule is CO[SiH](OC)C(C)CCC(N)CCN. The van der Waals surface area contributed by atoms with Gasteiger partial charge in [-0.25, -0.2) is 0 Å². The summed E-state index contributed by atoms with van der Waals surface area (Å²) < 4.78 is 10.6. The van der Waals surface area contributed by atoms with E-state index >= 15 is 0 Å². The Morgan fingerprint density at radius 2 is 1.71 bits per heavy atom. The normalized spacial score (nSPS) is 15.9. The lowest BCUT2D eigenvalue weighted by atomic mass is 10.1. The average Bonchev–Trinajstić information content (AvgIpc) is 2.17. The van der Waals surface area contributed by atoms with Crippen molar-refractivity contribution in [2.24, 2.45) is 11.5 Å². The second-order valence-electron chi connectivity index (χ2n) is 3.73. The summed E-state index contributed by atoms with van der Waals surface area (Å²) in [5.74, 6) is 0. The van der Waals surface area contributed by atoms with Gasteiger partial charge in [-0.3, -0.25) is 0 Å². The van der Waals surface area contributed by atoms with Gasteiger partial charge in [-0.2, -0.15) is 0 Å². The molecule has 0 rings (SSSR count). The molecule has 0 fully saturated rings. The van der Waals surface area contributed by atoms with Crippen LogP contribution in [0.3, 0.4) is 0 Å². The van der Waals surface area contributed by atoms with Crippen LogP contribution < -0.4 is 11.5 Å². The van der Waals surface area contributed by atoms with Crippen LogP contribution in [0.2, 0.25) is 5.54 Å². The van der Waals surface area contributed by atoms with Gasteiger partial charge in [0.2, 0.25) is 0 Å². The fraction of sp³-hybridized carbons (Fsp3) is 1.00. The minimum absolute atomic E-state index is 0.228. The molecule has 0 aromatic rings. The third kappa shape index (κ3) is 5.72. The van der Waals surface area contributed by atoms with Gasteiger partial charge >= 0.3 is 9.28 Å². The molecule has 4 nitrogen and oxygen atoms in total. The first-order valence-electron chi connectivity index (χ1n) is 5.16. The minimum atomic E-state index is -1.45. The first kappa shape index (κ1) is 14.1. The molecule has 0 aromatic heterocycles. The predicted octanol–water partition coefficient (Wildman–Crippen LogP) is 0.346. The van der Waals surface area contributed by atoms with Gasteiger partial charge in [0.25, 0.3) is 0 Å². The third-order valence-electron chi connectivity index (χ3n) is 2.46. The Labute approximate surface area is 88.8 Å². The van der Waals surface area contributed by atoms with Gasteiger partial charge in [0.15, 0.2) is 0 Å². The fourth-order valence-corrected chi connectivity index (χ4v) is 3.12. The lowest BCUT2D eigenvalue weighted by Crippen LogP contribution is -2.28. The van der Waals surface area contributed by atoms with Crippen molar-refractivity contribution in [3.8, 4) is 0 Å². The summed E-state index contributed by atoms with van der Waals surface area (Å²) in [5.41, 5.74) is 11.8. The predicted molar refractivity (Wildman–Crippen MR) is 61.5 cm³/mol. The molecule has 4 N–H and O–H groups in total. The van der Waals surface area contributed by atoms with E-state index < -0.39 is 9.28 Å². The summed E-state index contributed by atoms with van der Waals surface area (Å²) >= 11 is 0. The molecule has 0 aliphatic heterocycles. The Bertz CT molecular complexity index is 134. The van der Waals surface area contributed by atoms with E-state index in [4.69, 9.17) is 20.3 Å². The van der Waals surface area contributed by atoms with Gasteiger partial charge in [0, 0.05) is 20.3 Å². The molecule has 0 aromatic carbocycles. The van der Waals surface area contributed by atoms with E-state index in [0.29, 0.717) is 12.1 Å². The quantitative estimate of drug-likeness (QED) is 0.579. The van der Waals surface area contributed by atoms with Crippen LogP contribution in [0.25, 0.3) is 0 Å². The van der Waals surface area contributed by atoms with Crippen molar-refractivity contribution in [3.63, 3.8) is 0 Å². The van der Waals surface area contributed by atoms with Crippen molar-refractivity contribution in [2.45, 2.75) is 37.8 Å². The molecule has 5 heteroatoms. The molecule has 0 spiro atoms. The van der Waals surface area contributed by atoms with Crippen LogP contribution in [0, 0.1) is 0 Å². The summed E-state index contributed by atoms with van der Waals surface area (Å²) in [6, 6.07) is 0.228. The van der Waals surface area contributed by atoms with Crippen LogP contribution >= 0.6 is 0 Å². The molecule has 0 amide bonds. The Kier molecular flexibility index (Phi) is 8.41. The van der Waals surface area contributed by atoms with Crippen molar-refractivity contribution in [3.05, 3.63) is 0 Å². The van der Waals surface area contributed by atoms with E-state index in [-0.39, 0.29) is 6.04 Å². The van der Waals surface area contributed by atoms with Crippen molar-refractivity contribution >= 4 is 9.28 Å². The molecule has 14 heavy (non-hydrogen) atoms. The molecule has 0 aliphatic rings. The lowest BCUT2D eigenvalue weighted by molar-refractivity contribution is 0.263. The minimum Gasteiger partial charge on any atom is -0.400 e. The molecule has 0 saturated heterocycles. The van der Waals surface area contributed by atoms with Gasteiger partial charge in [-0.05, 0) is 31.3 Å². The van der Waals surface area contributed by atoms with Crippen LogP contribution in [0.4, 0.5) is 0 Å². The summed E-state index contributed by atoms with van der Waals surface area (Å²) in [5, 5.41) is 0. The highest BCUT2D eigenvalue weighted by molar-refractivity contribution is 6.46. The Hall–Kier alpha value is 0.0569. The molecule has 0 radical (unpaired) electrons. The maximum Gasteiger partial charge on any atom is 0.323 e. The molecular weight excluding hydrogens is 196 g/mol. The van der Waals surface area contributed by atoms with Gasteiger partial charge in [0.1, 0.15) is 0 Å². The van der Waals surface area contributed by atoms with Crippen molar-refractivity contribution in [1.82, 2.24) is 0 Å². The zero-order valence-electron chi connectivity index (χ0n) is 9.53. The first-order valence-corrected chi connectivity index (χ1v) is 6.77. The Balaban J connectivity index is 3.65. The molecule has 86 valence electrons. The van der Waals surface area contributed by atoms with E-state index in [2.05, 4.69) is 6.92 Å². The maximum absolute atomic E-state index is 5.87. The molecule has 0 bridgehead atoms. The molecule has 0 heterocycles. The zero-order valence-corrected chi connectivity index (χ0v) is 10.7. The lowest BCUT2D eigenvalue weighted by Gasteiger charge is -2.20. The molecular formula is C9H24N2O2Si. The third-order valence-corrected chi connectivity index (χ3v) is 4.65. The topological polar surface area (TPSA) is 70.5 Å². The second-order valence-corrected chi connectivity index (χ2v) is 6.55. The van der Waals surface area contributed by atoms with E-state index in [1.165, 1.54) is 0 Å². The zero-order chi connectivity index (χ0) is 11.0. The summed E-state index contributed by atoms with van der Waals surface area (Å²) in [6.45, 7) is 2.84. The van der Waals surface area contributed by atoms with Gasteiger partial charge < -0.3 is 20.3 Å². The van der Waals surface area contributed by atoms with Crippen LogP contribution in [-0.2, 0) is 8.85 Å². The van der Waals surface area contributed by atoms with E-state index in [9.17, 15) is 0 Å². The molecule has 2 atom stereocenters. The van der Waals surface area contributed by atoms with E-state index in [1.807, 2.05) is 0 Å². The number of hydrogen-bond acceptors (Lipinski definition) is 4. The average molecular weight is 220 g/mol. The van der Waals surface area contributed by atoms with Crippen molar-refractivity contribution in [1.29, 1.82) is 0 Å². The maximum atomic E-state index is 5.87. The van der Waals surface area contributed by atoms with Crippen molar-refractivity contribution < 1.29 is 8.85 Å².